The van der Waals surface area contributed by atoms with Gasteiger partial charge in [0.15, 0.2) is 0 Å². The molecule has 3 heteroatoms. The van der Waals surface area contributed by atoms with Crippen LogP contribution in [0.15, 0.2) is 18.3 Å². The third-order valence-corrected chi connectivity index (χ3v) is 3.87. The van der Waals surface area contributed by atoms with Gasteiger partial charge in [0, 0.05) is 18.8 Å². The van der Waals surface area contributed by atoms with Crippen molar-refractivity contribution in [3.05, 3.63) is 23.9 Å². The molecule has 0 saturated heterocycles. The van der Waals surface area contributed by atoms with Gasteiger partial charge < -0.3 is 10.1 Å². The van der Waals surface area contributed by atoms with Crippen molar-refractivity contribution < 1.29 is 4.74 Å². The lowest BCUT2D eigenvalue weighted by molar-refractivity contribution is 0.202. The topological polar surface area (TPSA) is 34.2 Å². The third-order valence-electron chi connectivity index (χ3n) is 3.87. The molecule has 0 unspecified atom stereocenters. The maximum absolute atomic E-state index is 5.87. The van der Waals surface area contributed by atoms with Crippen molar-refractivity contribution in [1.82, 2.24) is 10.3 Å². The number of hydrogen-bond acceptors (Lipinski definition) is 3. The molecule has 0 radical (unpaired) electrons. The Morgan fingerprint density at radius 1 is 1.30 bits per heavy atom. The van der Waals surface area contributed by atoms with Gasteiger partial charge in [-0.05, 0) is 42.9 Å². The Hall–Kier alpha value is -1.09. The Kier molecular flexibility index (Phi) is 6.31. The Balaban J connectivity index is 1.76. The lowest BCUT2D eigenvalue weighted by Crippen LogP contribution is -2.19. The first-order valence-electron chi connectivity index (χ1n) is 8.02. The van der Waals surface area contributed by atoms with Gasteiger partial charge in [-0.2, -0.15) is 0 Å². The van der Waals surface area contributed by atoms with Crippen molar-refractivity contribution >= 4 is 0 Å². The van der Waals surface area contributed by atoms with E-state index in [-0.39, 0.29) is 0 Å². The fourth-order valence-corrected chi connectivity index (χ4v) is 2.70. The summed E-state index contributed by atoms with van der Waals surface area (Å²) in [6.45, 7) is 7.20. The van der Waals surface area contributed by atoms with E-state index in [0.717, 1.165) is 31.5 Å². The minimum Gasteiger partial charge on any atom is -0.477 e. The Morgan fingerprint density at radius 3 is 2.85 bits per heavy atom. The van der Waals surface area contributed by atoms with Crippen molar-refractivity contribution in [3.8, 4) is 5.88 Å². The zero-order valence-corrected chi connectivity index (χ0v) is 12.9. The van der Waals surface area contributed by atoms with Crippen LogP contribution in [-0.4, -0.2) is 18.1 Å². The SMILES string of the molecule is CC(C)CNCc1ccnc(OCC2CCCCC2)c1. The number of aromatic nitrogens is 1. The zero-order chi connectivity index (χ0) is 14.2. The Bertz CT molecular complexity index is 386. The smallest absolute Gasteiger partial charge is 0.213 e. The average molecular weight is 276 g/mol. The van der Waals surface area contributed by atoms with Gasteiger partial charge in [0.05, 0.1) is 6.61 Å². The van der Waals surface area contributed by atoms with Gasteiger partial charge in [-0.15, -0.1) is 0 Å². The molecule has 3 nitrogen and oxygen atoms in total. The minimum atomic E-state index is 0.679. The quantitative estimate of drug-likeness (QED) is 0.823. The zero-order valence-electron chi connectivity index (χ0n) is 12.9. The maximum atomic E-state index is 5.87. The van der Waals surface area contributed by atoms with Crippen molar-refractivity contribution in [1.29, 1.82) is 0 Å². The van der Waals surface area contributed by atoms with Gasteiger partial charge in [-0.25, -0.2) is 4.98 Å². The van der Waals surface area contributed by atoms with E-state index >= 15 is 0 Å². The molecule has 2 rings (SSSR count). The van der Waals surface area contributed by atoms with E-state index in [1.165, 1.54) is 37.7 Å². The average Bonchev–Trinajstić information content (AvgIpc) is 2.46. The van der Waals surface area contributed by atoms with Crippen LogP contribution in [-0.2, 0) is 6.54 Å². The van der Waals surface area contributed by atoms with Crippen LogP contribution >= 0.6 is 0 Å². The van der Waals surface area contributed by atoms with Gasteiger partial charge in [0.2, 0.25) is 5.88 Å². The first kappa shape index (κ1) is 15.3. The number of rotatable bonds is 7. The number of nitrogens with one attached hydrogen (secondary N) is 1. The van der Waals surface area contributed by atoms with Crippen LogP contribution in [0.5, 0.6) is 5.88 Å². The number of hydrogen-bond donors (Lipinski definition) is 1. The molecular weight excluding hydrogens is 248 g/mol. The van der Waals surface area contributed by atoms with Crippen LogP contribution in [0.1, 0.15) is 51.5 Å². The summed E-state index contributed by atoms with van der Waals surface area (Å²) >= 11 is 0. The molecule has 20 heavy (non-hydrogen) atoms. The van der Waals surface area contributed by atoms with Gasteiger partial charge in [0.25, 0.3) is 0 Å². The van der Waals surface area contributed by atoms with Crippen LogP contribution in [0.3, 0.4) is 0 Å². The summed E-state index contributed by atoms with van der Waals surface area (Å²) in [7, 11) is 0. The molecule has 0 aromatic carbocycles. The van der Waals surface area contributed by atoms with Crippen LogP contribution in [0.25, 0.3) is 0 Å². The molecule has 1 aromatic rings. The molecule has 0 bridgehead atoms. The van der Waals surface area contributed by atoms with Crippen LogP contribution in [0.2, 0.25) is 0 Å². The molecule has 1 heterocycles. The molecule has 1 aromatic heterocycles. The number of nitrogens with zero attached hydrogens (tertiary/aromatic N) is 1. The largest absolute Gasteiger partial charge is 0.477 e. The lowest BCUT2D eigenvalue weighted by Gasteiger charge is -2.21. The fraction of sp³-hybridized carbons (Fsp3) is 0.706. The highest BCUT2D eigenvalue weighted by Crippen LogP contribution is 2.24. The van der Waals surface area contributed by atoms with E-state index in [1.807, 2.05) is 6.20 Å². The van der Waals surface area contributed by atoms with Gasteiger partial charge in [-0.1, -0.05) is 33.1 Å². The molecular formula is C17H28N2O. The molecule has 0 amide bonds. The lowest BCUT2D eigenvalue weighted by atomic mass is 9.90. The first-order valence-corrected chi connectivity index (χ1v) is 8.02. The van der Waals surface area contributed by atoms with E-state index in [4.69, 9.17) is 4.74 Å². The van der Waals surface area contributed by atoms with Crippen molar-refractivity contribution in [3.63, 3.8) is 0 Å². The second-order valence-corrected chi connectivity index (χ2v) is 6.34. The molecule has 0 atom stereocenters. The van der Waals surface area contributed by atoms with Crippen molar-refractivity contribution in [2.24, 2.45) is 11.8 Å². The molecule has 1 saturated carbocycles. The van der Waals surface area contributed by atoms with Gasteiger partial charge in [0.1, 0.15) is 0 Å². The Morgan fingerprint density at radius 2 is 2.10 bits per heavy atom. The predicted molar refractivity (Wildman–Crippen MR) is 82.9 cm³/mol. The fourth-order valence-electron chi connectivity index (χ4n) is 2.70. The van der Waals surface area contributed by atoms with Crippen molar-refractivity contribution in [2.45, 2.75) is 52.5 Å². The van der Waals surface area contributed by atoms with E-state index in [1.54, 1.807) is 0 Å². The summed E-state index contributed by atoms with van der Waals surface area (Å²) in [5.74, 6) is 2.19. The highest BCUT2D eigenvalue weighted by atomic mass is 16.5. The molecule has 0 aliphatic heterocycles. The summed E-state index contributed by atoms with van der Waals surface area (Å²) in [5, 5.41) is 3.45. The van der Waals surface area contributed by atoms with Crippen LogP contribution < -0.4 is 10.1 Å². The molecule has 1 aliphatic carbocycles. The molecule has 112 valence electrons. The highest BCUT2D eigenvalue weighted by Gasteiger charge is 2.14. The third kappa shape index (κ3) is 5.49. The second kappa shape index (κ2) is 8.25. The monoisotopic (exact) mass is 276 g/mol. The van der Waals surface area contributed by atoms with Gasteiger partial charge in [-0.3, -0.25) is 0 Å². The molecule has 1 aliphatic rings. The molecule has 1 fully saturated rings. The summed E-state index contributed by atoms with van der Waals surface area (Å²) in [4.78, 5) is 4.32. The summed E-state index contributed by atoms with van der Waals surface area (Å²) in [6.07, 6.45) is 8.60. The van der Waals surface area contributed by atoms with Crippen LogP contribution in [0, 0.1) is 11.8 Å². The summed E-state index contributed by atoms with van der Waals surface area (Å²) in [5.41, 5.74) is 1.25. The minimum absolute atomic E-state index is 0.679. The van der Waals surface area contributed by atoms with Crippen molar-refractivity contribution in [2.75, 3.05) is 13.2 Å². The number of pyridine rings is 1. The summed E-state index contributed by atoms with van der Waals surface area (Å²) in [6, 6.07) is 4.12. The summed E-state index contributed by atoms with van der Waals surface area (Å²) < 4.78 is 5.87. The molecule has 0 spiro atoms. The standard InChI is InChI=1S/C17H28N2O/c1-14(2)11-18-12-16-8-9-19-17(10-16)20-13-15-6-4-3-5-7-15/h8-10,14-15,18H,3-7,11-13H2,1-2H3. The Labute approximate surface area is 123 Å². The number of ether oxygens (including phenoxy) is 1. The second-order valence-electron chi connectivity index (χ2n) is 6.34. The van der Waals surface area contributed by atoms with E-state index < -0.39 is 0 Å². The highest BCUT2D eigenvalue weighted by molar-refractivity contribution is 5.20. The maximum Gasteiger partial charge on any atom is 0.213 e. The normalized spacial score (nSPS) is 16.6. The van der Waals surface area contributed by atoms with Gasteiger partial charge >= 0.3 is 0 Å². The first-order chi connectivity index (χ1) is 9.74. The van der Waals surface area contributed by atoms with E-state index in [0.29, 0.717) is 5.92 Å². The van der Waals surface area contributed by atoms with E-state index in [2.05, 4.69) is 36.3 Å². The van der Waals surface area contributed by atoms with E-state index in [9.17, 15) is 0 Å². The van der Waals surface area contributed by atoms with Crippen LogP contribution in [0.4, 0.5) is 0 Å². The predicted octanol–water partition coefficient (Wildman–Crippen LogP) is 3.79. The molecule has 1 N–H and O–H groups in total.